The highest BCUT2D eigenvalue weighted by Crippen LogP contribution is 2.29. The maximum Gasteiger partial charge on any atom is 0.231 e. The van der Waals surface area contributed by atoms with Crippen molar-refractivity contribution in [3.8, 4) is 23.1 Å². The van der Waals surface area contributed by atoms with E-state index in [1.165, 1.54) is 23.9 Å². The Balaban J connectivity index is 1.55. The summed E-state index contributed by atoms with van der Waals surface area (Å²) in [5, 5.41) is 21.9. The predicted octanol–water partition coefficient (Wildman–Crippen LogP) is 4.90. The Hall–Kier alpha value is -3.18. The maximum absolute atomic E-state index is 13.4. The fraction of sp³-hybridized carbons (Fsp3) is 0.333. The van der Waals surface area contributed by atoms with E-state index in [1.807, 2.05) is 34.9 Å². The SMILES string of the molecule is N#CC1(NC(=O)CSc2nnc(-c3ccc(F)cc3)n2-c2ccccc2)CCCCCC1. The van der Waals surface area contributed by atoms with Crippen molar-refractivity contribution in [1.29, 1.82) is 5.26 Å². The first-order valence-electron chi connectivity index (χ1n) is 10.7. The van der Waals surface area contributed by atoms with Gasteiger partial charge in [-0.25, -0.2) is 4.39 Å². The summed E-state index contributed by atoms with van der Waals surface area (Å²) in [7, 11) is 0. The number of rotatable bonds is 6. The van der Waals surface area contributed by atoms with Gasteiger partial charge in [-0.2, -0.15) is 5.26 Å². The van der Waals surface area contributed by atoms with Crippen molar-refractivity contribution < 1.29 is 9.18 Å². The first kappa shape index (κ1) is 22.0. The molecule has 0 atom stereocenters. The lowest BCUT2D eigenvalue weighted by Crippen LogP contribution is -2.47. The molecule has 8 heteroatoms. The lowest BCUT2D eigenvalue weighted by atomic mass is 9.92. The van der Waals surface area contributed by atoms with E-state index in [0.717, 1.165) is 36.9 Å². The lowest BCUT2D eigenvalue weighted by molar-refractivity contribution is -0.120. The van der Waals surface area contributed by atoms with Gasteiger partial charge in [0.1, 0.15) is 11.4 Å². The van der Waals surface area contributed by atoms with Gasteiger partial charge >= 0.3 is 0 Å². The van der Waals surface area contributed by atoms with E-state index in [4.69, 9.17) is 0 Å². The Bertz CT molecular complexity index is 1100. The van der Waals surface area contributed by atoms with Crippen molar-refractivity contribution in [1.82, 2.24) is 20.1 Å². The van der Waals surface area contributed by atoms with Crippen molar-refractivity contribution in [2.24, 2.45) is 0 Å². The largest absolute Gasteiger partial charge is 0.337 e. The number of halogens is 1. The minimum atomic E-state index is -0.777. The van der Waals surface area contributed by atoms with Gasteiger partial charge in [-0.3, -0.25) is 9.36 Å². The minimum Gasteiger partial charge on any atom is -0.337 e. The molecule has 3 aromatic rings. The third-order valence-corrected chi connectivity index (χ3v) is 6.56. The fourth-order valence-corrected chi connectivity index (χ4v) is 4.74. The number of carbonyl (C=O) groups is 1. The summed E-state index contributed by atoms with van der Waals surface area (Å²) in [5.74, 6) is 0.175. The van der Waals surface area contributed by atoms with Gasteiger partial charge in [-0.05, 0) is 49.2 Å². The number of amides is 1. The van der Waals surface area contributed by atoms with Crippen LogP contribution in [0, 0.1) is 17.1 Å². The number of benzene rings is 2. The van der Waals surface area contributed by atoms with Crippen molar-refractivity contribution >= 4 is 17.7 Å². The average Bonchev–Trinajstić information content (AvgIpc) is 3.10. The molecule has 0 radical (unpaired) electrons. The molecule has 2 aromatic carbocycles. The van der Waals surface area contributed by atoms with Gasteiger partial charge < -0.3 is 5.32 Å². The number of para-hydroxylation sites is 1. The first-order chi connectivity index (χ1) is 15.6. The summed E-state index contributed by atoms with van der Waals surface area (Å²) < 4.78 is 15.3. The van der Waals surface area contributed by atoms with E-state index in [-0.39, 0.29) is 17.5 Å². The standard InChI is InChI=1S/C24H24FN5OS/c25-19-12-10-18(11-13-19)22-28-29-23(30(22)20-8-4-3-5-9-20)32-16-21(31)27-24(17-26)14-6-1-2-7-15-24/h3-5,8-13H,1-2,6-7,14-16H2,(H,27,31). The molecule has 1 saturated carbocycles. The van der Waals surface area contributed by atoms with E-state index in [1.54, 1.807) is 12.1 Å². The molecule has 1 aliphatic rings. The summed E-state index contributed by atoms with van der Waals surface area (Å²) >= 11 is 1.27. The third-order valence-electron chi connectivity index (χ3n) is 5.63. The van der Waals surface area contributed by atoms with E-state index in [0.29, 0.717) is 23.8 Å². The Labute approximate surface area is 190 Å². The second-order valence-electron chi connectivity index (χ2n) is 7.93. The summed E-state index contributed by atoms with van der Waals surface area (Å²) in [6.45, 7) is 0. The Morgan fingerprint density at radius 2 is 1.75 bits per heavy atom. The second-order valence-corrected chi connectivity index (χ2v) is 8.87. The van der Waals surface area contributed by atoms with Crippen LogP contribution < -0.4 is 5.32 Å². The summed E-state index contributed by atoms with van der Waals surface area (Å²) in [4.78, 5) is 12.7. The van der Waals surface area contributed by atoms with Gasteiger partial charge in [0.2, 0.25) is 5.91 Å². The van der Waals surface area contributed by atoms with Crippen LogP contribution in [0.15, 0.2) is 59.8 Å². The van der Waals surface area contributed by atoms with E-state index < -0.39 is 5.54 Å². The Kier molecular flexibility index (Phi) is 6.86. The molecule has 32 heavy (non-hydrogen) atoms. The molecule has 0 bridgehead atoms. The van der Waals surface area contributed by atoms with E-state index >= 15 is 0 Å². The molecule has 4 rings (SSSR count). The molecule has 1 aromatic heterocycles. The summed E-state index contributed by atoms with van der Waals surface area (Å²) in [6, 6.07) is 18.0. The van der Waals surface area contributed by atoms with Crippen LogP contribution in [-0.4, -0.2) is 32.0 Å². The van der Waals surface area contributed by atoms with Crippen LogP contribution in [0.5, 0.6) is 0 Å². The zero-order valence-corrected chi connectivity index (χ0v) is 18.4. The smallest absolute Gasteiger partial charge is 0.231 e. The number of carbonyl (C=O) groups excluding carboxylic acids is 1. The predicted molar refractivity (Wildman–Crippen MR) is 122 cm³/mol. The quantitative estimate of drug-likeness (QED) is 0.428. The molecule has 1 fully saturated rings. The lowest BCUT2D eigenvalue weighted by Gasteiger charge is -2.26. The average molecular weight is 450 g/mol. The molecule has 1 heterocycles. The van der Waals surface area contributed by atoms with Crippen LogP contribution in [-0.2, 0) is 4.79 Å². The van der Waals surface area contributed by atoms with Gasteiger partial charge in [-0.15, -0.1) is 10.2 Å². The van der Waals surface area contributed by atoms with Crippen LogP contribution in [0.1, 0.15) is 38.5 Å². The monoisotopic (exact) mass is 449 g/mol. The van der Waals surface area contributed by atoms with Gasteiger partial charge in [0.15, 0.2) is 11.0 Å². The minimum absolute atomic E-state index is 0.123. The highest BCUT2D eigenvalue weighted by molar-refractivity contribution is 7.99. The molecular weight excluding hydrogens is 425 g/mol. The second kappa shape index (κ2) is 9.96. The number of nitriles is 1. The number of hydrogen-bond donors (Lipinski definition) is 1. The molecular formula is C24H24FN5OS. The zero-order chi connectivity index (χ0) is 22.4. The molecule has 1 aliphatic carbocycles. The van der Waals surface area contributed by atoms with Crippen LogP contribution in [0.4, 0.5) is 4.39 Å². The van der Waals surface area contributed by atoms with Gasteiger partial charge in [0, 0.05) is 11.3 Å². The number of aromatic nitrogens is 3. The first-order valence-corrected chi connectivity index (χ1v) is 11.7. The van der Waals surface area contributed by atoms with Gasteiger partial charge in [0.05, 0.1) is 11.8 Å². The highest BCUT2D eigenvalue weighted by atomic mass is 32.2. The zero-order valence-electron chi connectivity index (χ0n) is 17.6. The summed E-state index contributed by atoms with van der Waals surface area (Å²) in [6.07, 6.45) is 5.47. The molecule has 6 nitrogen and oxygen atoms in total. The number of nitrogens with one attached hydrogen (secondary N) is 1. The van der Waals surface area contributed by atoms with Crippen LogP contribution >= 0.6 is 11.8 Å². The topological polar surface area (TPSA) is 83.6 Å². The third kappa shape index (κ3) is 5.00. The molecule has 0 aliphatic heterocycles. The molecule has 1 N–H and O–H groups in total. The number of thioether (sulfide) groups is 1. The van der Waals surface area contributed by atoms with Gasteiger partial charge in [-0.1, -0.05) is 55.6 Å². The Morgan fingerprint density at radius 3 is 2.41 bits per heavy atom. The Morgan fingerprint density at radius 1 is 1.06 bits per heavy atom. The molecule has 0 saturated heterocycles. The van der Waals surface area contributed by atoms with Crippen molar-refractivity contribution in [2.75, 3.05) is 5.75 Å². The molecule has 0 spiro atoms. The van der Waals surface area contributed by atoms with Gasteiger partial charge in [0.25, 0.3) is 0 Å². The van der Waals surface area contributed by atoms with E-state index in [9.17, 15) is 14.4 Å². The van der Waals surface area contributed by atoms with E-state index in [2.05, 4.69) is 21.6 Å². The number of nitrogens with zero attached hydrogens (tertiary/aromatic N) is 4. The molecule has 0 unspecified atom stereocenters. The van der Waals surface area contributed by atoms with Crippen molar-refractivity contribution in [3.63, 3.8) is 0 Å². The highest BCUT2D eigenvalue weighted by Gasteiger charge is 2.32. The molecule has 164 valence electrons. The number of hydrogen-bond acceptors (Lipinski definition) is 5. The fourth-order valence-electron chi connectivity index (χ4n) is 3.99. The van der Waals surface area contributed by atoms with Crippen molar-refractivity contribution in [2.45, 2.75) is 49.2 Å². The maximum atomic E-state index is 13.4. The van der Waals surface area contributed by atoms with Crippen molar-refractivity contribution in [3.05, 3.63) is 60.4 Å². The summed E-state index contributed by atoms with van der Waals surface area (Å²) in [5.41, 5.74) is 0.790. The van der Waals surface area contributed by atoms with Crippen LogP contribution in [0.3, 0.4) is 0 Å². The molecule has 1 amide bonds. The normalized spacial score (nSPS) is 15.5. The van der Waals surface area contributed by atoms with Crippen LogP contribution in [0.2, 0.25) is 0 Å². The van der Waals surface area contributed by atoms with Crippen LogP contribution in [0.25, 0.3) is 17.1 Å².